The third kappa shape index (κ3) is 3.41. The Bertz CT molecular complexity index is 651. The number of aromatic nitrogens is 1. The van der Waals surface area contributed by atoms with Crippen LogP contribution in [0.3, 0.4) is 0 Å². The molecule has 2 aliphatic heterocycles. The van der Waals surface area contributed by atoms with Gasteiger partial charge in [-0.15, -0.1) is 11.3 Å². The zero-order valence-electron chi connectivity index (χ0n) is 13.8. The SMILES string of the molecule is O=C(c1cscn1)N1CCC2(CCN(Cc3ccsc3)CC2)CC1. The van der Waals surface area contributed by atoms with Crippen LogP contribution in [0.4, 0.5) is 0 Å². The fourth-order valence-electron chi connectivity index (χ4n) is 3.99. The molecule has 0 atom stereocenters. The van der Waals surface area contributed by atoms with Crippen molar-refractivity contribution in [3.05, 3.63) is 39.0 Å². The van der Waals surface area contributed by atoms with Gasteiger partial charge in [-0.05, 0) is 66.6 Å². The van der Waals surface area contributed by atoms with Gasteiger partial charge in [-0.3, -0.25) is 9.69 Å². The van der Waals surface area contributed by atoms with Crippen LogP contribution < -0.4 is 0 Å². The highest BCUT2D eigenvalue weighted by Gasteiger charge is 2.38. The summed E-state index contributed by atoms with van der Waals surface area (Å²) >= 11 is 3.27. The number of rotatable bonds is 3. The Morgan fingerprint density at radius 1 is 1.08 bits per heavy atom. The van der Waals surface area contributed by atoms with Gasteiger partial charge in [0, 0.05) is 25.0 Å². The molecule has 0 aliphatic carbocycles. The Kier molecular flexibility index (Phi) is 4.70. The van der Waals surface area contributed by atoms with Crippen molar-refractivity contribution < 1.29 is 4.79 Å². The van der Waals surface area contributed by atoms with E-state index in [1.54, 1.807) is 16.8 Å². The van der Waals surface area contributed by atoms with E-state index in [1.165, 1.54) is 42.8 Å². The predicted octanol–water partition coefficient (Wildman–Crippen LogP) is 3.72. The highest BCUT2D eigenvalue weighted by molar-refractivity contribution is 7.08. The van der Waals surface area contributed by atoms with Crippen molar-refractivity contribution >= 4 is 28.6 Å². The van der Waals surface area contributed by atoms with Crippen LogP contribution in [-0.4, -0.2) is 46.9 Å². The molecule has 4 rings (SSSR count). The van der Waals surface area contributed by atoms with Crippen LogP contribution in [0, 0.1) is 5.41 Å². The standard InChI is InChI=1S/C18H23N3OS2/c22-17(16-13-24-14-19-16)21-8-4-18(5-9-21)2-6-20(7-3-18)11-15-1-10-23-12-15/h1,10,12-14H,2-9,11H2. The lowest BCUT2D eigenvalue weighted by Gasteiger charge is -2.46. The molecule has 0 radical (unpaired) electrons. The second kappa shape index (κ2) is 6.94. The van der Waals surface area contributed by atoms with Gasteiger partial charge < -0.3 is 4.90 Å². The maximum Gasteiger partial charge on any atom is 0.273 e. The molecule has 1 amide bonds. The summed E-state index contributed by atoms with van der Waals surface area (Å²) in [6.45, 7) is 5.25. The topological polar surface area (TPSA) is 36.4 Å². The fraction of sp³-hybridized carbons (Fsp3) is 0.556. The molecule has 2 aliphatic rings. The van der Waals surface area contributed by atoms with E-state index in [1.807, 2.05) is 10.3 Å². The van der Waals surface area contributed by atoms with Crippen LogP contribution in [0.1, 0.15) is 41.7 Å². The molecule has 0 saturated carbocycles. The van der Waals surface area contributed by atoms with E-state index in [9.17, 15) is 4.79 Å². The lowest BCUT2D eigenvalue weighted by Crippen LogP contribution is -2.48. The Labute approximate surface area is 151 Å². The van der Waals surface area contributed by atoms with Crippen LogP contribution in [-0.2, 0) is 6.54 Å². The second-order valence-electron chi connectivity index (χ2n) is 7.07. The van der Waals surface area contributed by atoms with E-state index in [0.717, 1.165) is 32.5 Å². The third-order valence-electron chi connectivity index (χ3n) is 5.67. The molecule has 128 valence electrons. The van der Waals surface area contributed by atoms with E-state index in [0.29, 0.717) is 11.1 Å². The lowest BCUT2D eigenvalue weighted by molar-refractivity contribution is 0.0283. The van der Waals surface area contributed by atoms with E-state index in [-0.39, 0.29) is 5.91 Å². The molecular formula is C18H23N3OS2. The summed E-state index contributed by atoms with van der Waals surface area (Å²) < 4.78 is 0. The number of likely N-dealkylation sites (tertiary alicyclic amines) is 2. The first kappa shape index (κ1) is 16.2. The van der Waals surface area contributed by atoms with Gasteiger partial charge in [0.15, 0.2) is 0 Å². The number of hydrogen-bond donors (Lipinski definition) is 0. The van der Waals surface area contributed by atoms with Crippen LogP contribution >= 0.6 is 22.7 Å². The lowest BCUT2D eigenvalue weighted by atomic mass is 9.71. The van der Waals surface area contributed by atoms with E-state index in [2.05, 4.69) is 26.7 Å². The Morgan fingerprint density at radius 3 is 2.46 bits per heavy atom. The van der Waals surface area contributed by atoms with Crippen molar-refractivity contribution in [2.45, 2.75) is 32.2 Å². The van der Waals surface area contributed by atoms with Crippen LogP contribution in [0.2, 0.25) is 0 Å². The molecule has 2 fully saturated rings. The maximum absolute atomic E-state index is 12.4. The first-order chi connectivity index (χ1) is 11.7. The predicted molar refractivity (Wildman–Crippen MR) is 98.5 cm³/mol. The van der Waals surface area contributed by atoms with Gasteiger partial charge in [-0.1, -0.05) is 0 Å². The fourth-order valence-corrected chi connectivity index (χ4v) is 5.18. The number of piperidine rings is 2. The quantitative estimate of drug-likeness (QED) is 0.836. The normalized spacial score (nSPS) is 21.2. The maximum atomic E-state index is 12.4. The molecule has 0 unspecified atom stereocenters. The Hall–Kier alpha value is -1.24. The summed E-state index contributed by atoms with van der Waals surface area (Å²) in [5, 5.41) is 6.28. The molecular weight excluding hydrogens is 338 g/mol. The zero-order chi connectivity index (χ0) is 16.4. The summed E-state index contributed by atoms with van der Waals surface area (Å²) in [6.07, 6.45) is 4.84. The van der Waals surface area contributed by atoms with Crippen LogP contribution in [0.25, 0.3) is 0 Å². The number of hydrogen-bond acceptors (Lipinski definition) is 5. The van der Waals surface area contributed by atoms with Crippen molar-refractivity contribution in [1.29, 1.82) is 0 Å². The summed E-state index contributed by atoms with van der Waals surface area (Å²) in [6, 6.07) is 2.23. The third-order valence-corrected chi connectivity index (χ3v) is 6.98. The minimum absolute atomic E-state index is 0.112. The van der Waals surface area contributed by atoms with Crippen molar-refractivity contribution in [1.82, 2.24) is 14.8 Å². The van der Waals surface area contributed by atoms with Gasteiger partial charge in [0.05, 0.1) is 5.51 Å². The first-order valence-corrected chi connectivity index (χ1v) is 10.5. The average molecular weight is 362 g/mol. The number of carbonyl (C=O) groups excluding carboxylic acids is 1. The smallest absolute Gasteiger partial charge is 0.273 e. The highest BCUT2D eigenvalue weighted by atomic mass is 32.1. The number of thiophene rings is 1. The van der Waals surface area contributed by atoms with Crippen molar-refractivity contribution in [3.63, 3.8) is 0 Å². The van der Waals surface area contributed by atoms with Gasteiger partial charge in [-0.25, -0.2) is 4.98 Å². The molecule has 0 N–H and O–H groups in total. The van der Waals surface area contributed by atoms with E-state index < -0.39 is 0 Å². The second-order valence-corrected chi connectivity index (χ2v) is 8.57. The molecule has 0 aromatic carbocycles. The van der Waals surface area contributed by atoms with Gasteiger partial charge in [0.25, 0.3) is 5.91 Å². The van der Waals surface area contributed by atoms with Crippen molar-refractivity contribution in [2.24, 2.45) is 5.41 Å². The summed E-state index contributed by atoms with van der Waals surface area (Å²) in [4.78, 5) is 21.2. The molecule has 1 spiro atoms. The van der Waals surface area contributed by atoms with Gasteiger partial charge in [0.2, 0.25) is 0 Å². The summed E-state index contributed by atoms with van der Waals surface area (Å²) in [5.41, 5.74) is 4.26. The van der Waals surface area contributed by atoms with Gasteiger partial charge in [0.1, 0.15) is 5.69 Å². The molecule has 24 heavy (non-hydrogen) atoms. The van der Waals surface area contributed by atoms with Crippen LogP contribution in [0.15, 0.2) is 27.7 Å². The van der Waals surface area contributed by atoms with Crippen LogP contribution in [0.5, 0.6) is 0 Å². The van der Waals surface area contributed by atoms with Gasteiger partial charge in [-0.2, -0.15) is 11.3 Å². The molecule has 2 aromatic rings. The largest absolute Gasteiger partial charge is 0.337 e. The zero-order valence-corrected chi connectivity index (χ0v) is 15.5. The minimum Gasteiger partial charge on any atom is -0.337 e. The summed E-state index contributed by atoms with van der Waals surface area (Å²) in [7, 11) is 0. The first-order valence-electron chi connectivity index (χ1n) is 8.65. The number of thiazole rings is 1. The van der Waals surface area contributed by atoms with Gasteiger partial charge >= 0.3 is 0 Å². The molecule has 0 bridgehead atoms. The van der Waals surface area contributed by atoms with Crippen molar-refractivity contribution in [2.75, 3.05) is 26.2 Å². The summed E-state index contributed by atoms with van der Waals surface area (Å²) in [5.74, 6) is 0.112. The number of amides is 1. The molecule has 4 nitrogen and oxygen atoms in total. The average Bonchev–Trinajstić information content (AvgIpc) is 3.31. The Balaban J connectivity index is 1.29. The minimum atomic E-state index is 0.112. The number of nitrogens with zero attached hydrogens (tertiary/aromatic N) is 3. The van der Waals surface area contributed by atoms with E-state index in [4.69, 9.17) is 0 Å². The van der Waals surface area contributed by atoms with E-state index >= 15 is 0 Å². The molecule has 4 heterocycles. The Morgan fingerprint density at radius 2 is 1.83 bits per heavy atom. The highest BCUT2D eigenvalue weighted by Crippen LogP contribution is 2.41. The molecule has 2 aromatic heterocycles. The monoisotopic (exact) mass is 361 g/mol. The van der Waals surface area contributed by atoms with Crippen molar-refractivity contribution in [3.8, 4) is 0 Å². The molecule has 2 saturated heterocycles. The molecule has 6 heteroatoms. The number of carbonyl (C=O) groups is 1.